The molecule has 3 rings (SSSR count). The SMILES string of the molecule is Oc1c(Cl)cc(Cl)c2ccc(NN=Cc3c(F)cccc3Cl)nc12. The van der Waals surface area contributed by atoms with Gasteiger partial charge in [-0.1, -0.05) is 40.9 Å². The Bertz CT molecular complexity index is 943. The van der Waals surface area contributed by atoms with E-state index in [1.165, 1.54) is 24.4 Å². The second-order valence-electron chi connectivity index (χ2n) is 4.79. The summed E-state index contributed by atoms with van der Waals surface area (Å²) >= 11 is 17.9. The molecular formula is C16H9Cl3FN3O. The summed E-state index contributed by atoms with van der Waals surface area (Å²) in [6, 6.07) is 9.06. The number of anilines is 1. The zero-order chi connectivity index (χ0) is 17.3. The number of phenolic OH excluding ortho intramolecular Hbond substituents is 1. The molecule has 1 aromatic heterocycles. The number of fused-ring (bicyclic) bond motifs is 1. The van der Waals surface area contributed by atoms with Gasteiger partial charge in [0.25, 0.3) is 0 Å². The Morgan fingerprint density at radius 2 is 1.88 bits per heavy atom. The van der Waals surface area contributed by atoms with Crippen LogP contribution in [0.2, 0.25) is 15.1 Å². The van der Waals surface area contributed by atoms with E-state index in [0.29, 0.717) is 16.2 Å². The minimum Gasteiger partial charge on any atom is -0.504 e. The Labute approximate surface area is 151 Å². The number of aromatic nitrogens is 1. The van der Waals surface area contributed by atoms with Gasteiger partial charge in [-0.2, -0.15) is 5.10 Å². The quantitative estimate of drug-likeness (QED) is 0.464. The van der Waals surface area contributed by atoms with Crippen LogP contribution in [0.4, 0.5) is 10.2 Å². The van der Waals surface area contributed by atoms with Crippen LogP contribution in [-0.2, 0) is 0 Å². The molecule has 2 N–H and O–H groups in total. The van der Waals surface area contributed by atoms with Gasteiger partial charge < -0.3 is 5.11 Å². The monoisotopic (exact) mass is 383 g/mol. The van der Waals surface area contributed by atoms with Gasteiger partial charge in [0, 0.05) is 10.9 Å². The molecule has 122 valence electrons. The van der Waals surface area contributed by atoms with Crippen molar-refractivity contribution < 1.29 is 9.50 Å². The molecule has 0 saturated carbocycles. The maximum absolute atomic E-state index is 13.6. The molecule has 0 bridgehead atoms. The van der Waals surface area contributed by atoms with Crippen LogP contribution >= 0.6 is 34.8 Å². The van der Waals surface area contributed by atoms with Crippen LogP contribution in [0.1, 0.15) is 5.56 Å². The first kappa shape index (κ1) is 16.8. The minimum atomic E-state index is -0.490. The van der Waals surface area contributed by atoms with Gasteiger partial charge in [0.2, 0.25) is 0 Å². The Morgan fingerprint density at radius 3 is 2.62 bits per heavy atom. The van der Waals surface area contributed by atoms with E-state index in [1.54, 1.807) is 18.2 Å². The molecule has 0 aliphatic carbocycles. The fourth-order valence-corrected chi connectivity index (χ4v) is 2.79. The number of phenols is 1. The van der Waals surface area contributed by atoms with E-state index < -0.39 is 5.82 Å². The van der Waals surface area contributed by atoms with Gasteiger partial charge in [0.05, 0.1) is 21.3 Å². The maximum Gasteiger partial charge on any atom is 0.160 e. The molecule has 0 aliphatic rings. The molecule has 0 atom stereocenters. The van der Waals surface area contributed by atoms with Crippen LogP contribution in [0.5, 0.6) is 5.75 Å². The lowest BCUT2D eigenvalue weighted by Crippen LogP contribution is -1.96. The average Bonchev–Trinajstić information content (AvgIpc) is 2.55. The molecule has 0 fully saturated rings. The summed E-state index contributed by atoms with van der Waals surface area (Å²) < 4.78 is 13.6. The third kappa shape index (κ3) is 3.24. The van der Waals surface area contributed by atoms with Gasteiger partial charge >= 0.3 is 0 Å². The van der Waals surface area contributed by atoms with E-state index in [-0.39, 0.29) is 26.9 Å². The molecule has 1 heterocycles. The minimum absolute atomic E-state index is 0.0961. The van der Waals surface area contributed by atoms with Crippen molar-refractivity contribution in [1.29, 1.82) is 0 Å². The summed E-state index contributed by atoms with van der Waals surface area (Å²) in [4.78, 5) is 4.20. The Balaban J connectivity index is 1.91. The van der Waals surface area contributed by atoms with E-state index in [0.717, 1.165) is 0 Å². The highest BCUT2D eigenvalue weighted by molar-refractivity contribution is 6.39. The largest absolute Gasteiger partial charge is 0.504 e. The average molecular weight is 385 g/mol. The van der Waals surface area contributed by atoms with Gasteiger partial charge in [0.1, 0.15) is 17.2 Å². The van der Waals surface area contributed by atoms with Crippen molar-refractivity contribution in [2.24, 2.45) is 5.10 Å². The van der Waals surface area contributed by atoms with Gasteiger partial charge in [-0.3, -0.25) is 5.43 Å². The molecule has 8 heteroatoms. The third-order valence-electron chi connectivity index (χ3n) is 3.23. The highest BCUT2D eigenvalue weighted by Crippen LogP contribution is 2.36. The van der Waals surface area contributed by atoms with E-state index in [1.807, 2.05) is 0 Å². The maximum atomic E-state index is 13.6. The Hall–Kier alpha value is -2.08. The normalized spacial score (nSPS) is 11.3. The number of hydrazone groups is 1. The number of rotatable bonds is 3. The lowest BCUT2D eigenvalue weighted by molar-refractivity contribution is 0.480. The van der Waals surface area contributed by atoms with Crippen molar-refractivity contribution in [3.63, 3.8) is 0 Å². The molecule has 24 heavy (non-hydrogen) atoms. The van der Waals surface area contributed by atoms with Gasteiger partial charge in [0.15, 0.2) is 5.75 Å². The van der Waals surface area contributed by atoms with Crippen molar-refractivity contribution in [3.05, 3.63) is 62.8 Å². The predicted molar refractivity (Wildman–Crippen MR) is 96.1 cm³/mol. The zero-order valence-electron chi connectivity index (χ0n) is 11.9. The van der Waals surface area contributed by atoms with Crippen LogP contribution < -0.4 is 5.43 Å². The van der Waals surface area contributed by atoms with Crippen molar-refractivity contribution >= 4 is 57.7 Å². The summed E-state index contributed by atoms with van der Waals surface area (Å²) in [5.74, 6) is -0.351. The number of benzene rings is 2. The van der Waals surface area contributed by atoms with E-state index in [2.05, 4.69) is 15.5 Å². The Morgan fingerprint density at radius 1 is 1.08 bits per heavy atom. The summed E-state index contributed by atoms with van der Waals surface area (Å²) in [5.41, 5.74) is 3.03. The number of hydrogen-bond acceptors (Lipinski definition) is 4. The van der Waals surface area contributed by atoms with Gasteiger partial charge in [-0.25, -0.2) is 9.37 Å². The van der Waals surface area contributed by atoms with Crippen LogP contribution in [0.3, 0.4) is 0 Å². The lowest BCUT2D eigenvalue weighted by atomic mass is 10.2. The number of pyridine rings is 1. The van der Waals surface area contributed by atoms with Crippen molar-refractivity contribution in [1.82, 2.24) is 4.98 Å². The number of aromatic hydroxyl groups is 1. The first-order chi connectivity index (χ1) is 11.5. The molecule has 2 aromatic carbocycles. The molecule has 0 aliphatic heterocycles. The van der Waals surface area contributed by atoms with Crippen LogP contribution in [0.15, 0.2) is 41.5 Å². The first-order valence-electron chi connectivity index (χ1n) is 6.68. The fraction of sp³-hybridized carbons (Fsp3) is 0. The van der Waals surface area contributed by atoms with Crippen molar-refractivity contribution in [2.45, 2.75) is 0 Å². The number of nitrogens with one attached hydrogen (secondary N) is 1. The molecule has 0 amide bonds. The molecule has 0 spiro atoms. The molecule has 0 unspecified atom stereocenters. The van der Waals surface area contributed by atoms with E-state index in [4.69, 9.17) is 34.8 Å². The smallest absolute Gasteiger partial charge is 0.160 e. The van der Waals surface area contributed by atoms with Crippen LogP contribution in [0, 0.1) is 5.82 Å². The molecule has 4 nitrogen and oxygen atoms in total. The van der Waals surface area contributed by atoms with Gasteiger partial charge in [-0.15, -0.1) is 0 Å². The van der Waals surface area contributed by atoms with E-state index in [9.17, 15) is 9.50 Å². The molecule has 3 aromatic rings. The fourth-order valence-electron chi connectivity index (χ4n) is 2.06. The second kappa shape index (κ2) is 6.81. The van der Waals surface area contributed by atoms with Crippen molar-refractivity contribution in [3.8, 4) is 5.75 Å². The number of hydrogen-bond donors (Lipinski definition) is 2. The highest BCUT2D eigenvalue weighted by Gasteiger charge is 2.11. The van der Waals surface area contributed by atoms with Crippen molar-refractivity contribution in [2.75, 3.05) is 5.43 Å². The predicted octanol–water partition coefficient (Wildman–Crippen LogP) is 5.49. The third-order valence-corrected chi connectivity index (χ3v) is 4.16. The highest BCUT2D eigenvalue weighted by atomic mass is 35.5. The first-order valence-corrected chi connectivity index (χ1v) is 7.81. The second-order valence-corrected chi connectivity index (χ2v) is 6.01. The summed E-state index contributed by atoms with van der Waals surface area (Å²) in [5, 5.41) is 15.2. The lowest BCUT2D eigenvalue weighted by Gasteiger charge is -2.07. The van der Waals surface area contributed by atoms with Crippen LogP contribution in [0.25, 0.3) is 10.9 Å². The summed E-state index contributed by atoms with van der Waals surface area (Å²) in [6.45, 7) is 0. The van der Waals surface area contributed by atoms with Gasteiger partial charge in [-0.05, 0) is 30.3 Å². The zero-order valence-corrected chi connectivity index (χ0v) is 14.2. The Kier molecular flexibility index (Phi) is 4.76. The molecule has 0 radical (unpaired) electrons. The number of nitrogens with zero attached hydrogens (tertiary/aromatic N) is 2. The molecule has 0 saturated heterocycles. The van der Waals surface area contributed by atoms with Crippen LogP contribution in [-0.4, -0.2) is 16.3 Å². The standard InChI is InChI=1S/C16H9Cl3FN3O/c17-10-2-1-3-13(20)9(10)7-21-23-14-5-4-8-11(18)6-12(19)16(24)15(8)22-14/h1-7,24H,(H,22,23). The summed E-state index contributed by atoms with van der Waals surface area (Å²) in [6.07, 6.45) is 1.24. The number of halogens is 4. The molecular weight excluding hydrogens is 376 g/mol. The van der Waals surface area contributed by atoms with E-state index >= 15 is 0 Å². The topological polar surface area (TPSA) is 57.5 Å². The summed E-state index contributed by atoms with van der Waals surface area (Å²) in [7, 11) is 0.